The van der Waals surface area contributed by atoms with Crippen LogP contribution in [-0.2, 0) is 67.4 Å². The molecule has 4 amide bonds. The zero-order chi connectivity index (χ0) is 56.9. The molecule has 3 aromatic rings. The Morgan fingerprint density at radius 3 is 2.33 bits per heavy atom. The molecule has 4 unspecified atom stereocenters. The second kappa shape index (κ2) is 31.0. The first-order chi connectivity index (χ1) is 36.2. The van der Waals surface area contributed by atoms with E-state index in [9.17, 15) is 42.7 Å². The summed E-state index contributed by atoms with van der Waals surface area (Å²) in [6.07, 6.45) is 7.50. The predicted molar refractivity (Wildman–Crippen MR) is 283 cm³/mol. The van der Waals surface area contributed by atoms with Crippen LogP contribution in [0.5, 0.6) is 0 Å². The predicted octanol–water partition coefficient (Wildman–Crippen LogP) is 0.999. The van der Waals surface area contributed by atoms with Gasteiger partial charge < -0.3 is 50.4 Å². The van der Waals surface area contributed by atoms with Gasteiger partial charge in [0.15, 0.2) is 6.29 Å². The summed E-state index contributed by atoms with van der Waals surface area (Å²) < 4.78 is 27.7. The summed E-state index contributed by atoms with van der Waals surface area (Å²) in [6.45, 7) is 15.7. The summed E-state index contributed by atoms with van der Waals surface area (Å²) in [6, 6.07) is 2.01. The minimum absolute atomic E-state index is 0.00868. The molecule has 9 N–H and O–H groups in total. The molecule has 3 radical (unpaired) electrons. The van der Waals surface area contributed by atoms with E-state index in [2.05, 4.69) is 50.8 Å². The molecule has 0 saturated carbocycles. The Hall–Kier alpha value is -6.39. The summed E-state index contributed by atoms with van der Waals surface area (Å²) in [5, 5.41) is 26.7. The zero-order valence-electron chi connectivity index (χ0n) is 44.1. The van der Waals surface area contributed by atoms with E-state index < -0.39 is 41.4 Å². The van der Waals surface area contributed by atoms with Crippen molar-refractivity contribution >= 4 is 85.6 Å². The first-order valence-electron chi connectivity index (χ1n) is 24.3. The number of aliphatic carboxylic acids is 1. The number of hydrogen-bond donors (Lipinski definition) is 8. The van der Waals surface area contributed by atoms with E-state index in [1.54, 1.807) is 25.5 Å². The average Bonchev–Trinajstić information content (AvgIpc) is 3.93. The van der Waals surface area contributed by atoms with Gasteiger partial charge in [0.25, 0.3) is 5.56 Å². The Labute approximate surface area is 456 Å². The van der Waals surface area contributed by atoms with Crippen LogP contribution in [-0.4, -0.2) is 166 Å². The number of nitrogens with one attached hydrogen (secondary N) is 6. The number of primary amides is 1. The number of ether oxygens (including phenoxy) is 2. The minimum Gasteiger partial charge on any atom is -0.380 e. The summed E-state index contributed by atoms with van der Waals surface area (Å²) in [7, 11) is 5.32. The standard InChI is InChI=1S/C26H28FN3O3.C16H21N4O6.C9H18N2O2.CH3NO.Pb/c1-5-14(11-31)16-8-22-25-17(10-30(22)26(32)18(16)12-33-4)24-20(28-3)7-6-15-13(2)19(27)9-21(29-25)23(15)24;1-10(9-21)19-13(22)5-6-18-16(26)12(7-17-8-15(24)25)20-11(2)3-4-14(20)23;1-8(5-10-4)11-7-13-9(2,3)6-12;2-1-3;/h8-9,11,14,20,28H,5-7,10,12H2,1-4H3;3-4,9-10,12,17H,1-2,5-8H2,(H,18,26)(H,19,22)(H,24,25);6,10-11H,1,5,7H2,2-4H3;1H,(H2,2,3);. The minimum atomic E-state index is -1.10. The molecule has 1 aromatic carbocycles. The number of carboxylic acid groups (broad SMARTS) is 1. The average molecular weight is 1250 g/mol. The third-order valence-electron chi connectivity index (χ3n) is 12.4. The maximum Gasteiger partial charge on any atom is 0.257 e. The van der Waals surface area contributed by atoms with Crippen LogP contribution in [0.15, 0.2) is 53.6 Å². The normalized spacial score (nSPS) is 15.0. The summed E-state index contributed by atoms with van der Waals surface area (Å²) in [5.41, 5.74) is 11.5. The zero-order valence-corrected chi connectivity index (χ0v) is 48.0. The van der Waals surface area contributed by atoms with Gasteiger partial charge >= 0.3 is 162 Å². The Morgan fingerprint density at radius 1 is 1.08 bits per heavy atom. The molecule has 1 aliphatic carbocycles. The van der Waals surface area contributed by atoms with E-state index in [4.69, 9.17) is 24.4 Å². The topological polar surface area (TPSA) is 312 Å². The summed E-state index contributed by atoms with van der Waals surface area (Å²) in [4.78, 5) is 108. The molecule has 411 valence electrons. The number of hydrogen-bond acceptors (Lipinski definition) is 16. The number of aldehydes is 3. The third-order valence-corrected chi connectivity index (χ3v) is 14.1. The molecule has 0 fully saturated rings. The number of benzene rings is 1. The van der Waals surface area contributed by atoms with Crippen molar-refractivity contribution in [3.8, 4) is 11.4 Å². The van der Waals surface area contributed by atoms with Gasteiger partial charge in [0.05, 0.1) is 30.1 Å². The number of carboxylic acids is 1. The maximum absolute atomic E-state index is 14.8. The molecular weight excluding hydrogens is 1180 g/mol. The number of halogens is 1. The molecule has 4 heterocycles. The number of pyridine rings is 2. The molecule has 24 heteroatoms. The Bertz CT molecular complexity index is 2710. The van der Waals surface area contributed by atoms with Crippen LogP contribution in [0.25, 0.3) is 22.3 Å². The number of allylic oxidation sites excluding steroid dienone is 1. The van der Waals surface area contributed by atoms with Crippen molar-refractivity contribution in [2.24, 2.45) is 5.73 Å². The molecule has 22 nitrogen and oxygen atoms in total. The number of aryl methyl sites for hydroxylation is 1. The van der Waals surface area contributed by atoms with Crippen molar-refractivity contribution < 1.29 is 57.3 Å². The van der Waals surface area contributed by atoms with Crippen LogP contribution >= 0.6 is 0 Å². The molecule has 0 saturated heterocycles. The third kappa shape index (κ3) is 16.8. The van der Waals surface area contributed by atoms with Gasteiger partial charge in [0.2, 0.25) is 6.41 Å². The first-order valence-corrected chi connectivity index (χ1v) is 27.1. The van der Waals surface area contributed by atoms with Crippen LogP contribution in [0.1, 0.15) is 85.4 Å². The van der Waals surface area contributed by atoms with Gasteiger partial charge in [-0.1, -0.05) is 13.5 Å². The number of methoxy groups -OCH3 is 1. The molecule has 4 atom stereocenters. The summed E-state index contributed by atoms with van der Waals surface area (Å²) >= 11 is 0.770. The molecule has 3 aliphatic rings. The molecule has 76 heavy (non-hydrogen) atoms. The number of rotatable bonds is 25. The fourth-order valence-electron chi connectivity index (χ4n) is 8.57. The first kappa shape index (κ1) is 63.9. The van der Waals surface area contributed by atoms with Crippen LogP contribution in [0.3, 0.4) is 0 Å². The molecule has 2 aliphatic heterocycles. The van der Waals surface area contributed by atoms with Gasteiger partial charge in [-0.25, -0.2) is 9.37 Å². The van der Waals surface area contributed by atoms with Crippen molar-refractivity contribution in [1.82, 2.24) is 46.4 Å². The van der Waals surface area contributed by atoms with Gasteiger partial charge in [0, 0.05) is 53.9 Å². The molecule has 2 aromatic heterocycles. The van der Waals surface area contributed by atoms with E-state index in [0.29, 0.717) is 75.8 Å². The monoisotopic (exact) mass is 1250 g/mol. The summed E-state index contributed by atoms with van der Waals surface area (Å²) in [5.74, 6) is -3.10. The number of nitrogens with zero attached hydrogens (tertiary/aromatic N) is 3. The van der Waals surface area contributed by atoms with Crippen LogP contribution in [0.4, 0.5) is 4.39 Å². The van der Waals surface area contributed by atoms with Crippen molar-refractivity contribution in [1.29, 1.82) is 0 Å². The van der Waals surface area contributed by atoms with Crippen molar-refractivity contribution in [2.45, 2.75) is 100 Å². The fraction of sp³-hybridized carbons (Fsp3) is 0.462. The Morgan fingerprint density at radius 2 is 1.78 bits per heavy atom. The second-order valence-corrected chi connectivity index (χ2v) is 19.7. The van der Waals surface area contributed by atoms with Gasteiger partial charge in [-0.15, -0.1) is 0 Å². The maximum atomic E-state index is 14.8. The number of fused-ring (bicyclic) bond motifs is 4. The second-order valence-electron chi connectivity index (χ2n) is 18.1. The molecule has 6 rings (SSSR count). The van der Waals surface area contributed by atoms with E-state index >= 15 is 0 Å². The number of nitrogens with two attached hydrogens (primary N) is 1. The van der Waals surface area contributed by atoms with E-state index in [-0.39, 0.29) is 62.4 Å². The SMILES string of the molecule is C=C(CNC)NCOC(C)(C)C=O.C=C1C=CC(=O)N1C(CNCC(=O)O)C(=O)NCCC(=O)NC(C=O)[CH2][Pb].CCC(C=O)c1cc2n(c(=O)c1COC)Cc1c-2nc2cc(F)c(C)c3c2c1C(NC)CC3.NC=O. The quantitative estimate of drug-likeness (QED) is 0.0261. The van der Waals surface area contributed by atoms with Gasteiger partial charge in [0.1, 0.15) is 24.4 Å². The number of aromatic nitrogens is 2. The number of carbonyl (C=O) groups is 8. The van der Waals surface area contributed by atoms with Crippen molar-refractivity contribution in [3.05, 3.63) is 98.4 Å². The number of amides is 4. The molecular formula is C52H70FN10O12Pb. The van der Waals surface area contributed by atoms with E-state index in [1.165, 1.54) is 18.2 Å². The Kier molecular flexibility index (Phi) is 26.1. The number of likely N-dealkylation sites (N-methyl/N-ethyl adjacent to an activating group) is 1. The smallest absolute Gasteiger partial charge is 0.257 e. The van der Waals surface area contributed by atoms with Gasteiger partial charge in [-0.3, -0.25) is 14.4 Å². The van der Waals surface area contributed by atoms with Crippen LogP contribution < -0.4 is 43.2 Å². The van der Waals surface area contributed by atoms with Crippen LogP contribution in [0.2, 0.25) is 3.98 Å². The van der Waals surface area contributed by atoms with E-state index in [0.717, 1.165) is 83.9 Å². The van der Waals surface area contributed by atoms with E-state index in [1.807, 2.05) is 34.0 Å². The largest absolute Gasteiger partial charge is 0.380 e. The van der Waals surface area contributed by atoms with Crippen molar-refractivity contribution in [3.63, 3.8) is 0 Å². The van der Waals surface area contributed by atoms with Crippen molar-refractivity contribution in [2.75, 3.05) is 54.1 Å². The van der Waals surface area contributed by atoms with Gasteiger partial charge in [-0.2, -0.15) is 0 Å². The van der Waals surface area contributed by atoms with Crippen LogP contribution in [0, 0.1) is 12.7 Å². The van der Waals surface area contributed by atoms with Gasteiger partial charge in [-0.05, 0) is 82.4 Å². The fourth-order valence-corrected chi connectivity index (χ4v) is 9.34. The molecule has 0 bridgehead atoms. The molecule has 0 spiro atoms. The Balaban J connectivity index is 0.000000318. The number of carbonyl (C=O) groups excluding carboxylic acids is 7.